The summed E-state index contributed by atoms with van der Waals surface area (Å²) in [4.78, 5) is 22.9. The van der Waals surface area contributed by atoms with E-state index in [1.807, 2.05) is 25.1 Å². The Balaban J connectivity index is 1.74. The van der Waals surface area contributed by atoms with Gasteiger partial charge in [-0.15, -0.1) is 0 Å². The lowest BCUT2D eigenvalue weighted by molar-refractivity contribution is -0.385. The van der Waals surface area contributed by atoms with Crippen molar-refractivity contribution in [1.29, 1.82) is 0 Å². The minimum Gasteiger partial charge on any atom is -0.493 e. The lowest BCUT2D eigenvalue weighted by Crippen LogP contribution is -2.20. The van der Waals surface area contributed by atoms with E-state index in [4.69, 9.17) is 9.47 Å². The van der Waals surface area contributed by atoms with E-state index >= 15 is 0 Å². The smallest absolute Gasteiger partial charge is 0.309 e. The number of methoxy groups -OCH3 is 2. The number of nitro groups is 1. The number of nitrogens with zero attached hydrogens (tertiary/aromatic N) is 5. The van der Waals surface area contributed by atoms with Gasteiger partial charge in [0.2, 0.25) is 5.91 Å². The minimum atomic E-state index is -0.525. The van der Waals surface area contributed by atoms with Gasteiger partial charge in [-0.1, -0.05) is 6.07 Å². The summed E-state index contributed by atoms with van der Waals surface area (Å²) in [5.74, 6) is 0.912. The summed E-state index contributed by atoms with van der Waals surface area (Å²) in [6.07, 6.45) is 1.25. The highest BCUT2D eigenvalue weighted by Gasteiger charge is 2.19. The van der Waals surface area contributed by atoms with Crippen molar-refractivity contribution < 1.29 is 19.2 Å². The zero-order chi connectivity index (χ0) is 22.7. The molecule has 2 aromatic heterocycles. The van der Waals surface area contributed by atoms with Crippen molar-refractivity contribution >= 4 is 17.3 Å². The minimum absolute atomic E-state index is 0.122. The fourth-order valence-electron chi connectivity index (χ4n) is 3.28. The number of aromatic nitrogens is 4. The Morgan fingerprint density at radius 2 is 1.84 bits per heavy atom. The van der Waals surface area contributed by atoms with E-state index < -0.39 is 4.92 Å². The van der Waals surface area contributed by atoms with Gasteiger partial charge in [0.1, 0.15) is 18.4 Å². The second-order valence-corrected chi connectivity index (χ2v) is 7.00. The molecule has 0 aliphatic carbocycles. The molecule has 0 unspecified atom stereocenters. The Labute approximate surface area is 178 Å². The van der Waals surface area contributed by atoms with Gasteiger partial charge in [-0.3, -0.25) is 24.3 Å². The molecule has 164 valence electrons. The molecule has 11 heteroatoms. The molecule has 0 aliphatic heterocycles. The molecular weight excluding hydrogens is 404 g/mol. The highest BCUT2D eigenvalue weighted by molar-refractivity contribution is 5.91. The molecule has 1 aromatic carbocycles. The Hall–Kier alpha value is -3.89. The standard InChI is InChI=1S/C20H24N6O5/c1-12-16(26(28)29)10-24(22-12)11-19(27)21-20-13(2)23-25(14(20)3)9-15-6-7-17(30-4)18(8-15)31-5/h6-8,10H,9,11H2,1-5H3,(H,21,27). The van der Waals surface area contributed by atoms with Gasteiger partial charge in [-0.2, -0.15) is 10.2 Å². The van der Waals surface area contributed by atoms with Crippen LogP contribution in [-0.4, -0.2) is 44.6 Å². The molecule has 0 saturated carbocycles. The average molecular weight is 428 g/mol. The molecule has 3 aromatic rings. The second-order valence-electron chi connectivity index (χ2n) is 7.00. The summed E-state index contributed by atoms with van der Waals surface area (Å²) in [5.41, 5.74) is 3.14. The van der Waals surface area contributed by atoms with Crippen LogP contribution in [0.5, 0.6) is 11.5 Å². The molecule has 1 N–H and O–H groups in total. The molecule has 0 fully saturated rings. The van der Waals surface area contributed by atoms with Gasteiger partial charge < -0.3 is 14.8 Å². The summed E-state index contributed by atoms with van der Waals surface area (Å²) in [7, 11) is 3.16. The Kier molecular flexibility index (Phi) is 6.23. The molecule has 0 aliphatic rings. The van der Waals surface area contributed by atoms with Gasteiger partial charge in [0.05, 0.1) is 42.8 Å². The quantitative estimate of drug-likeness (QED) is 0.432. The molecule has 0 radical (unpaired) electrons. The number of aryl methyl sites for hydroxylation is 2. The van der Waals surface area contributed by atoms with Crippen molar-refractivity contribution in [3.05, 3.63) is 57.2 Å². The van der Waals surface area contributed by atoms with E-state index in [1.165, 1.54) is 17.8 Å². The van der Waals surface area contributed by atoms with Crippen molar-refractivity contribution in [1.82, 2.24) is 19.6 Å². The summed E-state index contributed by atoms with van der Waals surface area (Å²) in [6.45, 7) is 5.52. The lowest BCUT2D eigenvalue weighted by Gasteiger charge is -2.11. The number of hydrogen-bond donors (Lipinski definition) is 1. The molecule has 3 rings (SSSR count). The van der Waals surface area contributed by atoms with Crippen LogP contribution in [0.2, 0.25) is 0 Å². The molecule has 11 nitrogen and oxygen atoms in total. The maximum Gasteiger partial charge on any atom is 0.309 e. The summed E-state index contributed by atoms with van der Waals surface area (Å²) < 4.78 is 13.6. The summed E-state index contributed by atoms with van der Waals surface area (Å²) in [6, 6.07) is 5.62. The summed E-state index contributed by atoms with van der Waals surface area (Å²) >= 11 is 0. The van der Waals surface area contributed by atoms with Gasteiger partial charge in [-0.25, -0.2) is 0 Å². The van der Waals surface area contributed by atoms with Gasteiger partial charge in [0.15, 0.2) is 11.5 Å². The molecule has 0 spiro atoms. The predicted molar refractivity (Wildman–Crippen MR) is 113 cm³/mol. The van der Waals surface area contributed by atoms with Gasteiger partial charge in [-0.05, 0) is 38.5 Å². The fourth-order valence-corrected chi connectivity index (χ4v) is 3.28. The highest BCUT2D eigenvalue weighted by Crippen LogP contribution is 2.28. The maximum absolute atomic E-state index is 12.5. The number of carbonyl (C=O) groups excluding carboxylic acids is 1. The van der Waals surface area contributed by atoms with E-state index in [9.17, 15) is 14.9 Å². The summed E-state index contributed by atoms with van der Waals surface area (Å²) in [5, 5.41) is 22.3. The number of benzene rings is 1. The maximum atomic E-state index is 12.5. The number of carbonyl (C=O) groups is 1. The number of amides is 1. The highest BCUT2D eigenvalue weighted by atomic mass is 16.6. The van der Waals surface area contributed by atoms with Crippen LogP contribution in [0.3, 0.4) is 0 Å². The van der Waals surface area contributed by atoms with E-state index in [0.29, 0.717) is 29.4 Å². The number of nitrogens with one attached hydrogen (secondary N) is 1. The normalized spacial score (nSPS) is 10.7. The van der Waals surface area contributed by atoms with Crippen LogP contribution in [0.4, 0.5) is 11.4 Å². The SMILES string of the molecule is COc1ccc(Cn2nc(C)c(NC(=O)Cn3cc([N+](=O)[O-])c(C)n3)c2C)cc1OC. The van der Waals surface area contributed by atoms with E-state index in [0.717, 1.165) is 11.3 Å². The van der Waals surface area contributed by atoms with E-state index in [2.05, 4.69) is 15.5 Å². The number of anilines is 1. The first-order valence-corrected chi connectivity index (χ1v) is 9.46. The van der Waals surface area contributed by atoms with E-state index in [1.54, 1.807) is 25.8 Å². The molecule has 0 atom stereocenters. The fraction of sp³-hybridized carbons (Fsp3) is 0.350. The topological polar surface area (TPSA) is 126 Å². The zero-order valence-electron chi connectivity index (χ0n) is 18.0. The van der Waals surface area contributed by atoms with Crippen molar-refractivity contribution in [3.8, 4) is 11.5 Å². The van der Waals surface area contributed by atoms with Gasteiger partial charge in [0, 0.05) is 0 Å². The number of ether oxygens (including phenoxy) is 2. The van der Waals surface area contributed by atoms with Crippen LogP contribution >= 0.6 is 0 Å². The Bertz CT molecular complexity index is 1130. The number of rotatable bonds is 8. The third kappa shape index (κ3) is 4.65. The van der Waals surface area contributed by atoms with Crippen molar-refractivity contribution in [3.63, 3.8) is 0 Å². The first-order chi connectivity index (χ1) is 14.7. The largest absolute Gasteiger partial charge is 0.493 e. The van der Waals surface area contributed by atoms with Crippen LogP contribution < -0.4 is 14.8 Å². The average Bonchev–Trinajstić information content (AvgIpc) is 3.22. The first kappa shape index (κ1) is 21.8. The second kappa shape index (κ2) is 8.86. The van der Waals surface area contributed by atoms with Crippen molar-refractivity contribution in [2.75, 3.05) is 19.5 Å². The van der Waals surface area contributed by atoms with Crippen LogP contribution in [0.15, 0.2) is 24.4 Å². The molecule has 1 amide bonds. The number of hydrogen-bond acceptors (Lipinski definition) is 7. The third-order valence-corrected chi connectivity index (χ3v) is 4.85. The monoisotopic (exact) mass is 428 g/mol. The van der Waals surface area contributed by atoms with Crippen molar-refractivity contribution in [2.45, 2.75) is 33.9 Å². The first-order valence-electron chi connectivity index (χ1n) is 9.46. The van der Waals surface area contributed by atoms with Crippen LogP contribution in [-0.2, 0) is 17.9 Å². The molecule has 0 bridgehead atoms. The molecular formula is C20H24N6O5. The van der Waals surface area contributed by atoms with Crippen molar-refractivity contribution in [2.24, 2.45) is 0 Å². The molecule has 2 heterocycles. The van der Waals surface area contributed by atoms with Crippen LogP contribution in [0, 0.1) is 30.9 Å². The molecule has 0 saturated heterocycles. The predicted octanol–water partition coefficient (Wildman–Crippen LogP) is 2.62. The van der Waals surface area contributed by atoms with Gasteiger partial charge >= 0.3 is 5.69 Å². The Morgan fingerprint density at radius 1 is 1.13 bits per heavy atom. The van der Waals surface area contributed by atoms with Crippen LogP contribution in [0.25, 0.3) is 0 Å². The van der Waals surface area contributed by atoms with Crippen LogP contribution in [0.1, 0.15) is 22.6 Å². The zero-order valence-corrected chi connectivity index (χ0v) is 18.0. The lowest BCUT2D eigenvalue weighted by atomic mass is 10.2. The Morgan fingerprint density at radius 3 is 2.45 bits per heavy atom. The van der Waals surface area contributed by atoms with Gasteiger partial charge in [0.25, 0.3) is 0 Å². The third-order valence-electron chi connectivity index (χ3n) is 4.85. The van der Waals surface area contributed by atoms with E-state index in [-0.39, 0.29) is 23.8 Å². The molecule has 31 heavy (non-hydrogen) atoms.